The molecule has 2 N–H and O–H groups in total. The fraction of sp³-hybridized carbons (Fsp3) is 0. The van der Waals surface area contributed by atoms with Crippen molar-refractivity contribution in [1.29, 1.82) is 0 Å². The zero-order valence-electron chi connectivity index (χ0n) is 10.3. The van der Waals surface area contributed by atoms with Crippen LogP contribution in [0.4, 0.5) is 5.95 Å². The molecule has 0 aromatic carbocycles. The van der Waals surface area contributed by atoms with Crippen LogP contribution in [0.5, 0.6) is 0 Å². The number of rotatable bonds is 3. The number of furan rings is 2. The zero-order valence-corrected chi connectivity index (χ0v) is 11.1. The Labute approximate surface area is 122 Å². The highest BCUT2D eigenvalue weighted by Gasteiger charge is 2.20. The molecule has 3 heterocycles. The van der Waals surface area contributed by atoms with E-state index in [0.29, 0.717) is 5.56 Å². The third-order valence-corrected chi connectivity index (χ3v) is 2.79. The third kappa shape index (κ3) is 2.32. The zero-order chi connectivity index (χ0) is 15.0. The van der Waals surface area contributed by atoms with Crippen molar-refractivity contribution < 1.29 is 18.4 Å². The van der Waals surface area contributed by atoms with Gasteiger partial charge in [0.15, 0.2) is 17.3 Å². The molecule has 3 aromatic rings. The quantitative estimate of drug-likeness (QED) is 0.733. The molecule has 9 heteroatoms. The predicted molar refractivity (Wildman–Crippen MR) is 70.8 cm³/mol. The fourth-order valence-electron chi connectivity index (χ4n) is 1.66. The number of halogens is 1. The molecule has 0 bridgehead atoms. The van der Waals surface area contributed by atoms with Crippen molar-refractivity contribution in [2.24, 2.45) is 0 Å². The molecule has 3 rings (SSSR count). The molecule has 0 aliphatic heterocycles. The average molecular weight is 307 g/mol. The van der Waals surface area contributed by atoms with Gasteiger partial charge in [0.2, 0.25) is 5.95 Å². The van der Waals surface area contributed by atoms with E-state index in [4.69, 9.17) is 26.2 Å². The number of carbonyl (C=O) groups is 2. The summed E-state index contributed by atoms with van der Waals surface area (Å²) in [4.78, 5) is 27.0. The predicted octanol–water partition coefficient (Wildman–Crippen LogP) is 1.78. The largest absolute Gasteiger partial charge is 0.459 e. The third-order valence-electron chi connectivity index (χ3n) is 2.61. The van der Waals surface area contributed by atoms with E-state index in [9.17, 15) is 9.59 Å². The molecule has 0 radical (unpaired) electrons. The van der Waals surface area contributed by atoms with E-state index in [1.54, 1.807) is 6.07 Å². The van der Waals surface area contributed by atoms with Gasteiger partial charge in [0, 0.05) is 6.07 Å². The van der Waals surface area contributed by atoms with E-state index >= 15 is 0 Å². The molecule has 0 spiro atoms. The molecule has 21 heavy (non-hydrogen) atoms. The standard InChI is InChI=1S/C12H7ClN4O4/c13-9(18)8-4-6(5-21-8)10-15-12(14)17(16-10)11(19)7-2-1-3-20-7/h1-5H,(H2,14,15,16). The summed E-state index contributed by atoms with van der Waals surface area (Å²) in [6.45, 7) is 0. The van der Waals surface area contributed by atoms with Crippen molar-refractivity contribution in [3.63, 3.8) is 0 Å². The van der Waals surface area contributed by atoms with Crippen LogP contribution in [0.1, 0.15) is 21.1 Å². The summed E-state index contributed by atoms with van der Waals surface area (Å²) < 4.78 is 10.8. The fourth-order valence-corrected chi connectivity index (χ4v) is 1.76. The van der Waals surface area contributed by atoms with Crippen LogP contribution in [0.15, 0.2) is 39.6 Å². The minimum atomic E-state index is -0.750. The van der Waals surface area contributed by atoms with Crippen molar-refractivity contribution in [2.45, 2.75) is 0 Å². The van der Waals surface area contributed by atoms with Gasteiger partial charge >= 0.3 is 5.91 Å². The van der Waals surface area contributed by atoms with Crippen molar-refractivity contribution in [3.8, 4) is 11.4 Å². The highest BCUT2D eigenvalue weighted by Crippen LogP contribution is 2.21. The lowest BCUT2D eigenvalue weighted by molar-refractivity contribution is 0.0920. The Kier molecular flexibility index (Phi) is 3.07. The first-order chi connectivity index (χ1) is 10.1. The number of hydrogen-bond donors (Lipinski definition) is 1. The maximum absolute atomic E-state index is 12.1. The van der Waals surface area contributed by atoms with Crippen LogP contribution in [0.3, 0.4) is 0 Å². The Balaban J connectivity index is 1.97. The van der Waals surface area contributed by atoms with Gasteiger partial charge in [-0.3, -0.25) is 9.59 Å². The van der Waals surface area contributed by atoms with Gasteiger partial charge in [0.1, 0.15) is 6.26 Å². The van der Waals surface area contributed by atoms with Crippen LogP contribution in [0.25, 0.3) is 11.4 Å². The van der Waals surface area contributed by atoms with E-state index in [1.165, 1.54) is 24.7 Å². The molecule has 0 aliphatic rings. The van der Waals surface area contributed by atoms with Crippen LogP contribution in [-0.4, -0.2) is 25.9 Å². The lowest BCUT2D eigenvalue weighted by Gasteiger charge is -1.96. The Morgan fingerprint density at radius 2 is 2.10 bits per heavy atom. The Bertz CT molecular complexity index is 818. The van der Waals surface area contributed by atoms with Crippen LogP contribution < -0.4 is 5.73 Å². The van der Waals surface area contributed by atoms with Gasteiger partial charge in [-0.05, 0) is 23.7 Å². The van der Waals surface area contributed by atoms with E-state index in [2.05, 4.69) is 10.1 Å². The highest BCUT2D eigenvalue weighted by molar-refractivity contribution is 6.67. The minimum Gasteiger partial charge on any atom is -0.459 e. The molecule has 0 amide bonds. The van der Waals surface area contributed by atoms with Gasteiger partial charge in [-0.1, -0.05) is 0 Å². The second kappa shape index (κ2) is 4.91. The summed E-state index contributed by atoms with van der Waals surface area (Å²) in [7, 11) is 0. The summed E-state index contributed by atoms with van der Waals surface area (Å²) in [5.74, 6) is -0.541. The van der Waals surface area contributed by atoms with E-state index in [-0.39, 0.29) is 23.3 Å². The smallest absolute Gasteiger partial charge is 0.317 e. The first kappa shape index (κ1) is 13.1. The van der Waals surface area contributed by atoms with Crippen LogP contribution in [0.2, 0.25) is 0 Å². The highest BCUT2D eigenvalue weighted by atomic mass is 35.5. The molecular formula is C12H7ClN4O4. The maximum atomic E-state index is 12.1. The Hall–Kier alpha value is -2.87. The van der Waals surface area contributed by atoms with Gasteiger partial charge in [-0.25, -0.2) is 0 Å². The summed E-state index contributed by atoms with van der Waals surface area (Å²) in [5, 5.41) is 3.22. The van der Waals surface area contributed by atoms with Gasteiger partial charge in [-0.2, -0.15) is 9.67 Å². The molecule has 0 atom stereocenters. The number of aromatic nitrogens is 3. The van der Waals surface area contributed by atoms with Gasteiger partial charge in [0.25, 0.3) is 5.24 Å². The Morgan fingerprint density at radius 1 is 1.29 bits per heavy atom. The molecule has 106 valence electrons. The maximum Gasteiger partial charge on any atom is 0.317 e. The van der Waals surface area contributed by atoms with E-state index in [1.807, 2.05) is 0 Å². The number of carbonyl (C=O) groups excluding carboxylic acids is 2. The molecule has 0 saturated carbocycles. The van der Waals surface area contributed by atoms with Crippen molar-refractivity contribution in [2.75, 3.05) is 5.73 Å². The number of nitrogens with two attached hydrogens (primary N) is 1. The summed E-state index contributed by atoms with van der Waals surface area (Å²) in [5.41, 5.74) is 6.03. The lowest BCUT2D eigenvalue weighted by Crippen LogP contribution is -2.15. The summed E-state index contributed by atoms with van der Waals surface area (Å²) in [6.07, 6.45) is 2.60. The average Bonchev–Trinajstić information content (AvgIpc) is 3.18. The molecule has 0 saturated heterocycles. The number of nitrogen functional groups attached to an aromatic ring is 1. The molecule has 0 unspecified atom stereocenters. The molecular weight excluding hydrogens is 300 g/mol. The van der Waals surface area contributed by atoms with E-state index < -0.39 is 11.1 Å². The lowest BCUT2D eigenvalue weighted by atomic mass is 10.3. The molecule has 0 aliphatic carbocycles. The number of nitrogens with zero attached hydrogens (tertiary/aromatic N) is 3. The van der Waals surface area contributed by atoms with Crippen molar-refractivity contribution in [3.05, 3.63) is 42.2 Å². The summed E-state index contributed by atoms with van der Waals surface area (Å²) >= 11 is 5.29. The van der Waals surface area contributed by atoms with Gasteiger partial charge < -0.3 is 14.6 Å². The van der Waals surface area contributed by atoms with Crippen LogP contribution >= 0.6 is 11.6 Å². The summed E-state index contributed by atoms with van der Waals surface area (Å²) in [6, 6.07) is 4.40. The van der Waals surface area contributed by atoms with Gasteiger partial charge in [0.05, 0.1) is 11.8 Å². The normalized spacial score (nSPS) is 10.7. The van der Waals surface area contributed by atoms with Crippen LogP contribution in [-0.2, 0) is 0 Å². The first-order valence-corrected chi connectivity index (χ1v) is 6.03. The number of hydrogen-bond acceptors (Lipinski definition) is 7. The monoisotopic (exact) mass is 306 g/mol. The van der Waals surface area contributed by atoms with Crippen molar-refractivity contribution >= 4 is 28.7 Å². The second-order valence-electron chi connectivity index (χ2n) is 3.96. The second-order valence-corrected chi connectivity index (χ2v) is 4.30. The Morgan fingerprint density at radius 3 is 2.71 bits per heavy atom. The van der Waals surface area contributed by atoms with E-state index in [0.717, 1.165) is 4.68 Å². The van der Waals surface area contributed by atoms with Crippen LogP contribution in [0, 0.1) is 0 Å². The molecule has 3 aromatic heterocycles. The molecule has 0 fully saturated rings. The minimum absolute atomic E-state index is 0.0565. The number of anilines is 1. The molecule has 8 nitrogen and oxygen atoms in total. The SMILES string of the molecule is Nc1nc(-c2coc(C(=O)Cl)c2)nn1C(=O)c1ccco1. The van der Waals surface area contributed by atoms with Gasteiger partial charge in [-0.15, -0.1) is 5.10 Å². The first-order valence-electron chi connectivity index (χ1n) is 5.65. The topological polar surface area (TPSA) is 117 Å². The van der Waals surface area contributed by atoms with Crippen molar-refractivity contribution in [1.82, 2.24) is 14.8 Å².